The van der Waals surface area contributed by atoms with Crippen molar-refractivity contribution in [3.05, 3.63) is 288 Å². The minimum atomic E-state index is -0.887. The summed E-state index contributed by atoms with van der Waals surface area (Å²) in [4.78, 5) is 197. The maximum atomic E-state index is 14.0. The van der Waals surface area contributed by atoms with Crippen LogP contribution in [0.2, 0.25) is 0 Å². The van der Waals surface area contributed by atoms with E-state index in [4.69, 9.17) is 37.9 Å². The molecule has 0 radical (unpaired) electrons. The van der Waals surface area contributed by atoms with Gasteiger partial charge in [0.05, 0.1) is 95.2 Å². The smallest absolute Gasteiger partial charge is 0.359 e. The molecule has 0 bridgehead atoms. The Morgan fingerprint density at radius 2 is 0.622 bits per heavy atom. The van der Waals surface area contributed by atoms with E-state index in [2.05, 4.69) is 0 Å². The van der Waals surface area contributed by atoms with Crippen molar-refractivity contribution >= 4 is 72.2 Å². The Kier molecular flexibility index (Phi) is 40.4. The van der Waals surface area contributed by atoms with Crippen molar-refractivity contribution in [1.29, 1.82) is 0 Å². The molecular weight excluding hydrogens is 1680 g/mol. The number of pyridine rings is 4. The zero-order valence-electron chi connectivity index (χ0n) is 70.3. The van der Waals surface area contributed by atoms with Gasteiger partial charge in [0, 0.05) is 74.7 Å². The highest BCUT2D eigenvalue weighted by molar-refractivity contribution is 6.01. The molecule has 0 aliphatic heterocycles. The van der Waals surface area contributed by atoms with Crippen LogP contribution in [0.1, 0.15) is 192 Å². The molecule has 127 heavy (non-hydrogen) atoms. The number of hydrogen-bond donors (Lipinski definition) is 0. The van der Waals surface area contributed by atoms with Crippen LogP contribution in [0.25, 0.3) is 0 Å². The molecule has 0 amide bonds. The molecular formula is C91H90F8N4O24. The van der Waals surface area contributed by atoms with Gasteiger partial charge in [-0.15, -0.1) is 0 Å². The molecule has 0 fully saturated rings. The van der Waals surface area contributed by atoms with Crippen molar-refractivity contribution in [1.82, 2.24) is 18.3 Å². The Balaban J connectivity index is 0.000000262. The number of carbonyl (C=O) groups is 12. The standard InChI is InChI=1S/C26H23F2NO6.C24H27F2NO6.C21H21F2NO6.C20H19F2NO6/c1-2-34-26(33)23-25(35-16-17-6-4-3-5-7-17)24(32)20(15-29(23)12-13-30)22(31)11-9-18-8-10-19(27)14-21(18)28;1-4-32-24(31)21-23(33-12-9-15(2)3)22(30)18(14-27(21)10-11-28)20(29)8-6-16-5-7-17(25)13-19(16)26;1-3-29-20-18(21(28)30-4-2)24(9-10-25)12-15(19(20)27)17(26)8-6-13-5-7-14(22)11-16(13)23;1-3-29-20(27)17-19(28-2)18(26)14(11-23(17)8-9-24)16(25)7-5-12-4-6-13(21)10-15(12)22/h3-8,10,13-15H,2,9,11-12,16H2,1H3;5,7,11,13-15H,4,6,8-10,12H2,1-3H3;5,7,10-12H,3-4,6,8-9H2,1-2H3;4,6,9-11H,3,5,7-8H2,1-2H3. The number of methoxy groups -OCH3 is 1. The van der Waals surface area contributed by atoms with Crippen molar-refractivity contribution in [2.24, 2.45) is 5.92 Å². The second-order valence-electron chi connectivity index (χ2n) is 27.4. The highest BCUT2D eigenvalue weighted by Crippen LogP contribution is 2.27. The maximum Gasteiger partial charge on any atom is 0.359 e. The van der Waals surface area contributed by atoms with Gasteiger partial charge >= 0.3 is 23.9 Å². The van der Waals surface area contributed by atoms with Crippen LogP contribution in [0.4, 0.5) is 35.1 Å². The summed E-state index contributed by atoms with van der Waals surface area (Å²) < 4.78 is 154. The Bertz CT molecular complexity index is 5770. The van der Waals surface area contributed by atoms with Gasteiger partial charge in [-0.3, -0.25) is 38.4 Å². The second kappa shape index (κ2) is 50.5. The lowest BCUT2D eigenvalue weighted by Crippen LogP contribution is -2.28. The average Bonchev–Trinajstić information content (AvgIpc) is 0.793. The third-order valence-corrected chi connectivity index (χ3v) is 18.3. The van der Waals surface area contributed by atoms with Crippen molar-refractivity contribution in [3.63, 3.8) is 0 Å². The summed E-state index contributed by atoms with van der Waals surface area (Å²) in [6, 6.07) is 20.8. The van der Waals surface area contributed by atoms with E-state index in [1.165, 1.54) is 24.3 Å². The number of ketones is 4. The van der Waals surface area contributed by atoms with Crippen LogP contribution in [0.3, 0.4) is 0 Å². The maximum absolute atomic E-state index is 14.0. The van der Waals surface area contributed by atoms with Crippen LogP contribution >= 0.6 is 0 Å². The number of benzene rings is 5. The van der Waals surface area contributed by atoms with E-state index in [1.54, 1.807) is 65.0 Å². The van der Waals surface area contributed by atoms with Gasteiger partial charge < -0.3 is 75.3 Å². The lowest BCUT2D eigenvalue weighted by molar-refractivity contribution is -0.109. The first-order valence-electron chi connectivity index (χ1n) is 39.6. The number of hydrogen-bond acceptors (Lipinski definition) is 24. The third-order valence-electron chi connectivity index (χ3n) is 18.3. The largest absolute Gasteiger partial charge is 0.491 e. The van der Waals surface area contributed by atoms with Gasteiger partial charge in [0.15, 0.2) is 68.9 Å². The lowest BCUT2D eigenvalue weighted by Gasteiger charge is -2.17. The first-order valence-corrected chi connectivity index (χ1v) is 39.6. The van der Waals surface area contributed by atoms with Crippen LogP contribution in [0, 0.1) is 52.5 Å². The molecule has 4 heterocycles. The zero-order chi connectivity index (χ0) is 93.7. The first-order chi connectivity index (χ1) is 60.7. The highest BCUT2D eigenvalue weighted by atomic mass is 19.2. The molecule has 674 valence electrons. The SMILES string of the molecule is CCOC(=O)c1c(OC)c(=O)c(C(=O)CCc2ccc(F)cc2F)cn1CC=O.CCOC(=O)c1c(OCC)c(=O)c(C(=O)CCc2ccc(F)cc2F)cn1CC=O.CCOC(=O)c1c(OCCC(C)C)c(=O)c(C(=O)CCc2ccc(F)cc2F)cn1CC=O.CCOC(=O)c1c(OCc2ccccc2)c(=O)c(C(=O)CCc2ccc(F)cc2F)cn1CC=O. The van der Waals surface area contributed by atoms with Crippen molar-refractivity contribution in [2.75, 3.05) is 46.8 Å². The Morgan fingerprint density at radius 3 is 0.874 bits per heavy atom. The molecule has 4 aromatic heterocycles. The summed E-state index contributed by atoms with van der Waals surface area (Å²) in [6.07, 6.45) is 5.64. The number of esters is 4. The number of ether oxygens (including phenoxy) is 8. The van der Waals surface area contributed by atoms with Crippen LogP contribution in [0.15, 0.2) is 147 Å². The van der Waals surface area contributed by atoms with E-state index < -0.39 is 133 Å². The molecule has 0 aliphatic rings. The summed E-state index contributed by atoms with van der Waals surface area (Å²) in [7, 11) is 1.15. The van der Waals surface area contributed by atoms with Crippen molar-refractivity contribution in [3.8, 4) is 23.0 Å². The van der Waals surface area contributed by atoms with Crippen LogP contribution in [0.5, 0.6) is 23.0 Å². The van der Waals surface area contributed by atoms with Crippen LogP contribution in [-0.4, -0.2) is 137 Å². The Morgan fingerprint density at radius 1 is 0.354 bits per heavy atom. The molecule has 9 rings (SSSR count). The molecule has 0 unspecified atom stereocenters. The zero-order valence-corrected chi connectivity index (χ0v) is 70.3. The average molecular weight is 1780 g/mol. The second-order valence-corrected chi connectivity index (χ2v) is 27.4. The Labute approximate surface area is 720 Å². The number of rotatable bonds is 42. The predicted molar refractivity (Wildman–Crippen MR) is 440 cm³/mol. The Hall–Kier alpha value is -14.2. The number of aldehydes is 4. The van der Waals surface area contributed by atoms with Gasteiger partial charge in [-0.05, 0) is 125 Å². The summed E-state index contributed by atoms with van der Waals surface area (Å²) in [5.74, 6) is -13.6. The topological polar surface area (TPSA) is 367 Å². The number of nitrogens with zero attached hydrogens (tertiary/aromatic N) is 4. The van der Waals surface area contributed by atoms with E-state index in [0.29, 0.717) is 61.4 Å². The fourth-order valence-electron chi connectivity index (χ4n) is 12.2. The molecule has 0 saturated carbocycles. The number of carbonyl (C=O) groups excluding carboxylic acids is 12. The molecule has 0 aliphatic carbocycles. The molecule has 28 nitrogen and oxygen atoms in total. The number of aryl methyl sites for hydroxylation is 4. The monoisotopic (exact) mass is 1770 g/mol. The molecule has 0 atom stereocenters. The van der Waals surface area contributed by atoms with E-state index in [-0.39, 0.29) is 203 Å². The van der Waals surface area contributed by atoms with E-state index >= 15 is 0 Å². The highest BCUT2D eigenvalue weighted by Gasteiger charge is 2.32. The molecule has 5 aromatic carbocycles. The van der Waals surface area contributed by atoms with Crippen LogP contribution in [-0.2, 0) is 96.6 Å². The molecule has 0 spiro atoms. The summed E-state index contributed by atoms with van der Waals surface area (Å²) in [5.41, 5.74) is -4.53. The minimum absolute atomic E-state index is 0.0101. The minimum Gasteiger partial charge on any atom is -0.491 e. The van der Waals surface area contributed by atoms with Gasteiger partial charge in [0.2, 0.25) is 21.7 Å². The van der Waals surface area contributed by atoms with Crippen molar-refractivity contribution < 1.29 is 131 Å². The fraction of sp³-hybridized carbons (Fsp3) is 0.319. The van der Waals surface area contributed by atoms with Gasteiger partial charge in [-0.25, -0.2) is 54.3 Å². The summed E-state index contributed by atoms with van der Waals surface area (Å²) in [5, 5.41) is 0. The number of aromatic nitrogens is 4. The number of Topliss-reactive ketones (excluding diaryl/α,β-unsaturated/α-hetero) is 4. The number of halogens is 8. The van der Waals surface area contributed by atoms with Gasteiger partial charge in [0.25, 0.3) is 0 Å². The predicted octanol–water partition coefficient (Wildman–Crippen LogP) is 12.7. The van der Waals surface area contributed by atoms with E-state index in [9.17, 15) is 112 Å². The lowest BCUT2D eigenvalue weighted by atomic mass is 10.0. The quantitative estimate of drug-likeness (QED) is 0.0113. The summed E-state index contributed by atoms with van der Waals surface area (Å²) >= 11 is 0. The molecule has 0 saturated heterocycles. The van der Waals surface area contributed by atoms with Crippen LogP contribution < -0.4 is 40.7 Å². The molecule has 9 aromatic rings. The normalized spacial score (nSPS) is 10.6. The first kappa shape index (κ1) is 102. The van der Waals surface area contributed by atoms with Gasteiger partial charge in [-0.2, -0.15) is 0 Å². The van der Waals surface area contributed by atoms with Crippen molar-refractivity contribution in [2.45, 2.75) is 139 Å². The van der Waals surface area contributed by atoms with E-state index in [1.807, 2.05) is 13.8 Å². The van der Waals surface area contributed by atoms with Gasteiger partial charge in [-0.1, -0.05) is 68.4 Å². The van der Waals surface area contributed by atoms with E-state index in [0.717, 1.165) is 74.4 Å². The fourth-order valence-corrected chi connectivity index (χ4v) is 12.2. The molecule has 0 N–H and O–H groups in total. The van der Waals surface area contributed by atoms with Gasteiger partial charge in [0.1, 0.15) is 78.3 Å². The summed E-state index contributed by atoms with van der Waals surface area (Å²) in [6.45, 7) is 10.7. The third kappa shape index (κ3) is 28.4. The molecule has 36 heteroatoms.